The van der Waals surface area contributed by atoms with E-state index >= 15 is 0 Å². The molecule has 0 radical (unpaired) electrons. The van der Waals surface area contributed by atoms with Gasteiger partial charge in [-0.2, -0.15) is 0 Å². The summed E-state index contributed by atoms with van der Waals surface area (Å²) in [6, 6.07) is 8.36. The highest BCUT2D eigenvalue weighted by molar-refractivity contribution is 9.10. The molecular weight excluding hydrogens is 401 g/mol. The molecule has 2 N–H and O–H groups in total. The first-order valence-electron chi connectivity index (χ1n) is 6.91. The Bertz CT molecular complexity index is 704. The third-order valence-corrected chi connectivity index (χ3v) is 4.52. The quantitative estimate of drug-likeness (QED) is 0.695. The maximum atomic E-state index is 14.1. The minimum Gasteiger partial charge on any atom is -0.362 e. The summed E-state index contributed by atoms with van der Waals surface area (Å²) in [7, 11) is 0. The third-order valence-electron chi connectivity index (χ3n) is 3.32. The van der Waals surface area contributed by atoms with Gasteiger partial charge < -0.3 is 10.6 Å². The summed E-state index contributed by atoms with van der Waals surface area (Å²) in [5.41, 5.74) is -0.0637. The van der Waals surface area contributed by atoms with Crippen LogP contribution in [0.25, 0.3) is 0 Å². The van der Waals surface area contributed by atoms with Crippen molar-refractivity contribution in [2.75, 3.05) is 11.9 Å². The number of hydrogen-bond donors (Lipinski definition) is 2. The normalized spacial score (nSPS) is 11.2. The van der Waals surface area contributed by atoms with E-state index in [1.807, 2.05) is 26.0 Å². The summed E-state index contributed by atoms with van der Waals surface area (Å²) >= 11 is 14.8. The first-order valence-corrected chi connectivity index (χ1v) is 8.49. The molecule has 2 rings (SSSR count). The number of anilines is 1. The standard InChI is InChI=1S/C16H16BrClFN3S/c1-16(2,13-11(18)6-3-7-12(13)19)9-21-15(23)22-14-10(17)5-4-8-20-14/h3-8H,9H2,1-2H3,(H2,20,21,22,23). The van der Waals surface area contributed by atoms with Crippen LogP contribution < -0.4 is 10.6 Å². The van der Waals surface area contributed by atoms with Gasteiger partial charge in [-0.1, -0.05) is 31.5 Å². The average Bonchev–Trinajstić information content (AvgIpc) is 2.47. The molecule has 0 saturated heterocycles. The lowest BCUT2D eigenvalue weighted by Gasteiger charge is -2.27. The Morgan fingerprint density at radius 1 is 1.35 bits per heavy atom. The minimum atomic E-state index is -0.532. The Balaban J connectivity index is 2.04. The van der Waals surface area contributed by atoms with Crippen LogP contribution in [0, 0.1) is 5.82 Å². The van der Waals surface area contributed by atoms with E-state index in [-0.39, 0.29) is 5.82 Å². The van der Waals surface area contributed by atoms with Crippen LogP contribution in [0.1, 0.15) is 19.4 Å². The second kappa shape index (κ2) is 7.55. The number of pyridine rings is 1. The maximum Gasteiger partial charge on any atom is 0.172 e. The molecule has 1 aromatic heterocycles. The molecule has 122 valence electrons. The molecule has 0 bridgehead atoms. The molecule has 0 aliphatic heterocycles. The van der Waals surface area contributed by atoms with Gasteiger partial charge >= 0.3 is 0 Å². The maximum absolute atomic E-state index is 14.1. The summed E-state index contributed by atoms with van der Waals surface area (Å²) in [6.45, 7) is 4.23. The highest BCUT2D eigenvalue weighted by atomic mass is 79.9. The van der Waals surface area contributed by atoms with Gasteiger partial charge in [-0.15, -0.1) is 0 Å². The molecule has 1 aromatic carbocycles. The van der Waals surface area contributed by atoms with Crippen molar-refractivity contribution in [3.8, 4) is 0 Å². The van der Waals surface area contributed by atoms with E-state index in [0.717, 1.165) is 4.47 Å². The van der Waals surface area contributed by atoms with Crippen molar-refractivity contribution in [2.45, 2.75) is 19.3 Å². The number of thiocarbonyl (C=S) groups is 1. The predicted octanol–water partition coefficient (Wildman–Crippen LogP) is 4.90. The molecule has 3 nitrogen and oxygen atoms in total. The summed E-state index contributed by atoms with van der Waals surface area (Å²) < 4.78 is 14.9. The fraction of sp³-hybridized carbons (Fsp3) is 0.250. The Morgan fingerprint density at radius 2 is 2.09 bits per heavy atom. The van der Waals surface area contributed by atoms with E-state index in [9.17, 15) is 4.39 Å². The van der Waals surface area contributed by atoms with E-state index in [1.54, 1.807) is 18.3 Å². The van der Waals surface area contributed by atoms with Gasteiger partial charge in [0.05, 0.1) is 4.47 Å². The van der Waals surface area contributed by atoms with Crippen molar-refractivity contribution in [1.29, 1.82) is 0 Å². The van der Waals surface area contributed by atoms with E-state index in [0.29, 0.717) is 28.1 Å². The fourth-order valence-electron chi connectivity index (χ4n) is 2.16. The fourth-order valence-corrected chi connectivity index (χ4v) is 3.11. The number of halogens is 3. The van der Waals surface area contributed by atoms with Gasteiger partial charge in [-0.05, 0) is 52.4 Å². The molecule has 0 spiro atoms. The molecule has 2 aromatic rings. The molecule has 0 atom stereocenters. The van der Waals surface area contributed by atoms with Crippen molar-refractivity contribution in [2.24, 2.45) is 0 Å². The molecule has 0 saturated carbocycles. The van der Waals surface area contributed by atoms with Gasteiger partial charge in [0.1, 0.15) is 11.6 Å². The highest BCUT2D eigenvalue weighted by Crippen LogP contribution is 2.31. The first-order chi connectivity index (χ1) is 10.8. The molecule has 0 aliphatic carbocycles. The molecule has 0 unspecified atom stereocenters. The lowest BCUT2D eigenvalue weighted by molar-refractivity contribution is 0.477. The number of benzene rings is 1. The molecule has 1 heterocycles. The lowest BCUT2D eigenvalue weighted by Crippen LogP contribution is -2.39. The SMILES string of the molecule is CC(C)(CNC(=S)Nc1ncccc1Br)c1c(F)cccc1Cl. The van der Waals surface area contributed by atoms with Crippen LogP contribution in [0.2, 0.25) is 5.02 Å². The van der Waals surface area contributed by atoms with Crippen LogP contribution in [0.3, 0.4) is 0 Å². The summed E-state index contributed by atoms with van der Waals surface area (Å²) in [5, 5.41) is 6.90. The molecule has 0 aliphatic rings. The number of nitrogens with one attached hydrogen (secondary N) is 2. The van der Waals surface area contributed by atoms with Crippen molar-refractivity contribution in [3.05, 3.63) is 57.4 Å². The Labute approximate surface area is 153 Å². The number of aromatic nitrogens is 1. The van der Waals surface area contributed by atoms with E-state index in [1.165, 1.54) is 6.07 Å². The summed E-state index contributed by atoms with van der Waals surface area (Å²) in [5.74, 6) is 0.294. The zero-order valence-corrected chi connectivity index (χ0v) is 15.8. The number of rotatable bonds is 4. The van der Waals surface area contributed by atoms with Gasteiger partial charge in [0.2, 0.25) is 0 Å². The molecule has 7 heteroatoms. The summed E-state index contributed by atoms with van der Waals surface area (Å²) in [6.07, 6.45) is 1.67. The van der Waals surface area contributed by atoms with Crippen LogP contribution >= 0.6 is 39.7 Å². The van der Waals surface area contributed by atoms with E-state index in [2.05, 4.69) is 31.5 Å². The van der Waals surface area contributed by atoms with Gasteiger partial charge in [0.25, 0.3) is 0 Å². The average molecular weight is 417 g/mol. The van der Waals surface area contributed by atoms with Crippen LogP contribution in [-0.2, 0) is 5.41 Å². The largest absolute Gasteiger partial charge is 0.362 e. The molecule has 0 fully saturated rings. The monoisotopic (exact) mass is 415 g/mol. The summed E-state index contributed by atoms with van der Waals surface area (Å²) in [4.78, 5) is 4.18. The van der Waals surface area contributed by atoms with Gasteiger partial charge in [0.15, 0.2) is 5.11 Å². The topological polar surface area (TPSA) is 37.0 Å². The molecule has 0 amide bonds. The third kappa shape index (κ3) is 4.62. The molecular formula is C16H16BrClFN3S. The Morgan fingerprint density at radius 3 is 2.74 bits per heavy atom. The van der Waals surface area contributed by atoms with Crippen LogP contribution in [0.5, 0.6) is 0 Å². The zero-order chi connectivity index (χ0) is 17.0. The Kier molecular flexibility index (Phi) is 5.95. The van der Waals surface area contributed by atoms with E-state index < -0.39 is 5.41 Å². The number of hydrogen-bond acceptors (Lipinski definition) is 2. The van der Waals surface area contributed by atoms with Crippen molar-refractivity contribution < 1.29 is 4.39 Å². The predicted molar refractivity (Wildman–Crippen MR) is 101 cm³/mol. The van der Waals surface area contributed by atoms with Crippen molar-refractivity contribution in [3.63, 3.8) is 0 Å². The second-order valence-corrected chi connectivity index (χ2v) is 7.29. The van der Waals surface area contributed by atoms with Gasteiger partial charge in [0, 0.05) is 28.7 Å². The highest BCUT2D eigenvalue weighted by Gasteiger charge is 2.27. The van der Waals surface area contributed by atoms with Crippen molar-refractivity contribution in [1.82, 2.24) is 10.3 Å². The van der Waals surface area contributed by atoms with Crippen molar-refractivity contribution >= 4 is 50.7 Å². The zero-order valence-electron chi connectivity index (χ0n) is 12.7. The lowest BCUT2D eigenvalue weighted by atomic mass is 9.84. The van der Waals surface area contributed by atoms with Crippen LogP contribution in [0.15, 0.2) is 41.0 Å². The molecule has 23 heavy (non-hydrogen) atoms. The Hall–Kier alpha value is -1.24. The van der Waals surface area contributed by atoms with Crippen LogP contribution in [0.4, 0.5) is 10.2 Å². The van der Waals surface area contributed by atoms with E-state index in [4.69, 9.17) is 23.8 Å². The minimum absolute atomic E-state index is 0.323. The first kappa shape index (κ1) is 18.1. The number of nitrogens with zero attached hydrogens (tertiary/aromatic N) is 1. The smallest absolute Gasteiger partial charge is 0.172 e. The van der Waals surface area contributed by atoms with Crippen LogP contribution in [-0.4, -0.2) is 16.6 Å². The second-order valence-electron chi connectivity index (χ2n) is 5.62. The van der Waals surface area contributed by atoms with Gasteiger partial charge in [-0.25, -0.2) is 9.37 Å². The van der Waals surface area contributed by atoms with Gasteiger partial charge in [-0.3, -0.25) is 0 Å².